The Morgan fingerprint density at radius 3 is 1.33 bits per heavy atom. The molecule has 0 spiro atoms. The lowest BCUT2D eigenvalue weighted by atomic mass is 10.1. The molecule has 0 saturated carbocycles. The number of rotatable bonds is 8. The lowest BCUT2D eigenvalue weighted by Gasteiger charge is -2.00. The van der Waals surface area contributed by atoms with Gasteiger partial charge in [-0.1, -0.05) is 19.3 Å². The first-order valence-electron chi connectivity index (χ1n) is 11.0. The van der Waals surface area contributed by atoms with Crippen molar-refractivity contribution < 1.29 is 0 Å². The maximum absolute atomic E-state index is 12.2. The topological polar surface area (TPSA) is 145 Å². The van der Waals surface area contributed by atoms with Gasteiger partial charge in [0.1, 0.15) is 22.7 Å². The fourth-order valence-corrected chi connectivity index (χ4v) is 4.10. The van der Waals surface area contributed by atoms with Crippen LogP contribution in [0, 0.1) is 0 Å². The van der Waals surface area contributed by atoms with Gasteiger partial charge >= 0.3 is 11.4 Å². The number of fused-ring (bicyclic) bond motifs is 2. The molecule has 4 rings (SSSR count). The Hall–Kier alpha value is -3.70. The van der Waals surface area contributed by atoms with Crippen LogP contribution in [0.25, 0.3) is 22.3 Å². The smallest absolute Gasteiger partial charge is 0.332 e. The summed E-state index contributed by atoms with van der Waals surface area (Å²) in [6.07, 6.45) is 6.26. The number of nitrogens with zero attached hydrogens (tertiary/aromatic N) is 6. The van der Waals surface area contributed by atoms with Gasteiger partial charge in [-0.25, -0.2) is 19.6 Å². The van der Waals surface area contributed by atoms with Gasteiger partial charge in [0, 0.05) is 41.0 Å². The van der Waals surface area contributed by atoms with Crippen molar-refractivity contribution in [3.63, 3.8) is 0 Å². The van der Waals surface area contributed by atoms with E-state index in [0.717, 1.165) is 41.2 Å². The van der Waals surface area contributed by atoms with Crippen molar-refractivity contribution in [2.45, 2.75) is 44.9 Å². The van der Waals surface area contributed by atoms with Crippen LogP contribution in [0.3, 0.4) is 0 Å². The van der Waals surface area contributed by atoms with Crippen LogP contribution >= 0.6 is 0 Å². The second-order valence-corrected chi connectivity index (χ2v) is 8.44. The van der Waals surface area contributed by atoms with Crippen molar-refractivity contribution >= 4 is 22.3 Å². The number of imidazole rings is 2. The molecule has 4 aromatic rings. The van der Waals surface area contributed by atoms with Crippen LogP contribution in [0.1, 0.15) is 43.8 Å². The molecule has 0 atom stereocenters. The lowest BCUT2D eigenvalue weighted by molar-refractivity contribution is 0.603. The third-order valence-electron chi connectivity index (χ3n) is 6.11. The molecule has 0 fully saturated rings. The van der Waals surface area contributed by atoms with Gasteiger partial charge < -0.3 is 9.97 Å². The molecule has 4 aromatic heterocycles. The molecule has 0 aliphatic rings. The van der Waals surface area contributed by atoms with E-state index in [1.807, 2.05) is 0 Å². The van der Waals surface area contributed by atoms with Gasteiger partial charge in [-0.3, -0.25) is 27.9 Å². The van der Waals surface area contributed by atoms with Gasteiger partial charge in [-0.2, -0.15) is 0 Å². The Labute approximate surface area is 187 Å². The van der Waals surface area contributed by atoms with E-state index in [1.165, 1.54) is 23.2 Å². The van der Waals surface area contributed by atoms with Gasteiger partial charge in [-0.05, 0) is 12.8 Å². The minimum atomic E-state index is -0.391. The van der Waals surface area contributed by atoms with Gasteiger partial charge in [0.2, 0.25) is 0 Å². The van der Waals surface area contributed by atoms with Crippen LogP contribution in [0.2, 0.25) is 0 Å². The number of unbranched alkanes of at least 4 members (excludes halogenated alkanes) is 4. The minimum Gasteiger partial charge on any atom is -0.336 e. The molecule has 12 heteroatoms. The quantitative estimate of drug-likeness (QED) is 0.356. The maximum atomic E-state index is 12.2. The second-order valence-electron chi connectivity index (χ2n) is 8.44. The Morgan fingerprint density at radius 2 is 0.939 bits per heavy atom. The van der Waals surface area contributed by atoms with Crippen LogP contribution in [0.15, 0.2) is 19.2 Å². The highest BCUT2D eigenvalue weighted by molar-refractivity contribution is 5.70. The number of aromatic nitrogens is 8. The van der Waals surface area contributed by atoms with Crippen LogP contribution in [-0.4, -0.2) is 38.2 Å². The van der Waals surface area contributed by atoms with Crippen LogP contribution in [0.5, 0.6) is 0 Å². The van der Waals surface area contributed by atoms with Crippen molar-refractivity contribution in [3.05, 3.63) is 53.3 Å². The summed E-state index contributed by atoms with van der Waals surface area (Å²) >= 11 is 0. The average molecular weight is 457 g/mol. The molecular weight excluding hydrogens is 428 g/mol. The Kier molecular flexibility index (Phi) is 5.91. The summed E-state index contributed by atoms with van der Waals surface area (Å²) in [5.74, 6) is 1.41. The van der Waals surface area contributed by atoms with Crippen LogP contribution < -0.4 is 22.5 Å². The van der Waals surface area contributed by atoms with Crippen molar-refractivity contribution in [1.29, 1.82) is 0 Å². The number of hydrogen-bond acceptors (Lipinski definition) is 6. The third kappa shape index (κ3) is 3.96. The van der Waals surface area contributed by atoms with E-state index in [4.69, 9.17) is 0 Å². The summed E-state index contributed by atoms with van der Waals surface area (Å²) in [6, 6.07) is 0. The van der Waals surface area contributed by atoms with Gasteiger partial charge in [-0.15, -0.1) is 0 Å². The molecule has 0 aliphatic heterocycles. The zero-order chi connectivity index (χ0) is 23.9. The van der Waals surface area contributed by atoms with Crippen molar-refractivity contribution in [2.24, 2.45) is 28.2 Å². The Morgan fingerprint density at radius 1 is 0.576 bits per heavy atom. The van der Waals surface area contributed by atoms with E-state index in [9.17, 15) is 19.2 Å². The highest BCUT2D eigenvalue weighted by Gasteiger charge is 2.14. The van der Waals surface area contributed by atoms with Gasteiger partial charge in [0.25, 0.3) is 11.1 Å². The molecule has 0 amide bonds. The summed E-state index contributed by atoms with van der Waals surface area (Å²) in [7, 11) is 6.12. The number of hydrogen-bond donors (Lipinski definition) is 2. The van der Waals surface area contributed by atoms with E-state index in [0.29, 0.717) is 46.8 Å². The summed E-state index contributed by atoms with van der Waals surface area (Å²) in [5, 5.41) is 0. The summed E-state index contributed by atoms with van der Waals surface area (Å²) in [5.41, 5.74) is -0.0334. The summed E-state index contributed by atoms with van der Waals surface area (Å²) in [4.78, 5) is 63.5. The van der Waals surface area contributed by atoms with E-state index in [1.54, 1.807) is 14.1 Å². The van der Waals surface area contributed by atoms with E-state index < -0.39 is 11.4 Å². The zero-order valence-corrected chi connectivity index (χ0v) is 19.3. The third-order valence-corrected chi connectivity index (χ3v) is 6.11. The number of H-pyrrole nitrogens is 2. The number of aromatic amines is 2. The lowest BCUT2D eigenvalue weighted by Crippen LogP contribution is -2.36. The molecule has 2 N–H and O–H groups in total. The largest absolute Gasteiger partial charge is 0.336 e. The highest BCUT2D eigenvalue weighted by atomic mass is 16.2. The van der Waals surface area contributed by atoms with E-state index in [-0.39, 0.29) is 11.1 Å². The molecule has 0 aliphatic carbocycles. The van der Waals surface area contributed by atoms with Gasteiger partial charge in [0.15, 0.2) is 11.3 Å². The average Bonchev–Trinajstić information content (AvgIpc) is 3.43. The minimum absolute atomic E-state index is 0.354. The van der Waals surface area contributed by atoms with Crippen molar-refractivity contribution in [2.75, 3.05) is 0 Å². The first kappa shape index (κ1) is 22.5. The van der Waals surface area contributed by atoms with Crippen molar-refractivity contribution in [3.8, 4) is 0 Å². The molecule has 0 aromatic carbocycles. The second kappa shape index (κ2) is 8.68. The fraction of sp³-hybridized carbons (Fsp3) is 0.524. The monoisotopic (exact) mass is 456 g/mol. The molecule has 0 bridgehead atoms. The number of aryl methyl sites for hydroxylation is 4. The number of nitrogens with one attached hydrogen (secondary N) is 2. The fourth-order valence-electron chi connectivity index (χ4n) is 4.10. The summed E-state index contributed by atoms with van der Waals surface area (Å²) in [6.45, 7) is 0. The predicted molar refractivity (Wildman–Crippen MR) is 124 cm³/mol. The molecular formula is C21H28N8O4. The van der Waals surface area contributed by atoms with E-state index in [2.05, 4.69) is 19.9 Å². The molecule has 0 saturated heterocycles. The predicted octanol–water partition coefficient (Wildman–Crippen LogP) is -0.0303. The normalized spacial score (nSPS) is 11.8. The molecule has 0 unspecified atom stereocenters. The standard InChI is InChI=1S/C21H28N8O4/c1-26-16-14(18(30)28(3)20(26)32)22-12(24-16)10-8-6-5-7-9-11-13-23-15-17(25-13)27(2)21(33)29(4)19(15)31/h5-11H2,1-4H3,(H,22,24)(H,23,25). The molecule has 4 heterocycles. The first-order chi connectivity index (χ1) is 15.7. The molecule has 12 nitrogen and oxygen atoms in total. The molecule has 176 valence electrons. The zero-order valence-electron chi connectivity index (χ0n) is 19.3. The maximum Gasteiger partial charge on any atom is 0.332 e. The van der Waals surface area contributed by atoms with Crippen LogP contribution in [0.4, 0.5) is 0 Å². The van der Waals surface area contributed by atoms with E-state index >= 15 is 0 Å². The Bertz CT molecular complexity index is 1460. The SMILES string of the molecule is Cn1c(=O)c2[nH]c(CCCCCCCc3nc4c([nH]3)c(=O)n(C)c(=O)n4C)nc2n(C)c1=O. The van der Waals surface area contributed by atoms with Crippen LogP contribution in [-0.2, 0) is 41.0 Å². The Balaban J connectivity index is 1.28. The summed E-state index contributed by atoms with van der Waals surface area (Å²) < 4.78 is 4.90. The van der Waals surface area contributed by atoms with Gasteiger partial charge in [0.05, 0.1) is 0 Å². The molecule has 0 radical (unpaired) electrons. The first-order valence-corrected chi connectivity index (χ1v) is 11.0. The molecule has 33 heavy (non-hydrogen) atoms. The van der Waals surface area contributed by atoms with Crippen molar-refractivity contribution in [1.82, 2.24) is 38.2 Å². The highest BCUT2D eigenvalue weighted by Crippen LogP contribution is 2.12.